The van der Waals surface area contributed by atoms with Crippen molar-refractivity contribution in [3.63, 3.8) is 0 Å². The molecule has 0 aromatic carbocycles. The van der Waals surface area contributed by atoms with Gasteiger partial charge in [-0.1, -0.05) is 6.07 Å². The Hall–Kier alpha value is -2.54. The molecule has 2 aromatic heterocycles. The van der Waals surface area contributed by atoms with Crippen molar-refractivity contribution in [3.05, 3.63) is 41.9 Å². The minimum Gasteiger partial charge on any atom is -0.328 e. The van der Waals surface area contributed by atoms with E-state index in [1.165, 1.54) is 9.58 Å². The summed E-state index contributed by atoms with van der Waals surface area (Å²) in [5.41, 5.74) is 6.93. The summed E-state index contributed by atoms with van der Waals surface area (Å²) in [7, 11) is -4.84. The molecule has 132 valence electrons. The zero-order valence-corrected chi connectivity index (χ0v) is 13.6. The number of amides is 2. The summed E-state index contributed by atoms with van der Waals surface area (Å²) in [5.74, 6) is 0.562. The van der Waals surface area contributed by atoms with Crippen LogP contribution in [0.5, 0.6) is 0 Å². The molecule has 4 heterocycles. The molecule has 12 heteroatoms. The Labute approximate surface area is 142 Å². The van der Waals surface area contributed by atoms with Crippen molar-refractivity contribution >= 4 is 16.4 Å². The molecule has 3 N–H and O–H groups in total. The Balaban J connectivity index is 1.80. The molecule has 0 radical (unpaired) electrons. The largest absolute Gasteiger partial charge is 0.418 e. The molecule has 2 bridgehead atoms. The van der Waals surface area contributed by atoms with E-state index >= 15 is 0 Å². The number of urea groups is 1. The molecule has 2 aromatic rings. The van der Waals surface area contributed by atoms with Crippen molar-refractivity contribution in [3.8, 4) is 5.82 Å². The molecule has 2 amide bonds. The first kappa shape index (κ1) is 16.0. The van der Waals surface area contributed by atoms with Crippen LogP contribution in [-0.2, 0) is 14.7 Å². The number of hydroxylamine groups is 2. The molecule has 4 rings (SSSR count). The highest BCUT2D eigenvalue weighted by Crippen LogP contribution is 2.43. The maximum atomic E-state index is 12.4. The summed E-state index contributed by atoms with van der Waals surface area (Å²) < 4.78 is 37.1. The first-order chi connectivity index (χ1) is 11.9. The van der Waals surface area contributed by atoms with Gasteiger partial charge in [0.2, 0.25) is 0 Å². The van der Waals surface area contributed by atoms with Crippen LogP contribution < -0.4 is 5.73 Å². The lowest BCUT2D eigenvalue weighted by Gasteiger charge is -2.28. The van der Waals surface area contributed by atoms with Crippen LogP contribution in [0.15, 0.2) is 30.6 Å². The van der Waals surface area contributed by atoms with Gasteiger partial charge in [-0.05, 0) is 12.1 Å². The number of fused-ring (bicyclic) bond motifs is 4. The van der Waals surface area contributed by atoms with E-state index in [0.717, 1.165) is 0 Å². The molecule has 2 atom stereocenters. The number of nitrogens with two attached hydrogens (primary N) is 1. The SMILES string of the molecule is NC[C@@H]1c2nn(-c3ccccn3)cc2[C@H]2CN1C(=O)N2OS(=O)(=O)O. The second kappa shape index (κ2) is 5.49. The normalized spacial score (nSPS) is 22.4. The lowest BCUT2D eigenvalue weighted by atomic mass is 9.98. The fourth-order valence-electron chi connectivity index (χ4n) is 3.18. The van der Waals surface area contributed by atoms with Crippen LogP contribution in [0.25, 0.3) is 5.82 Å². The van der Waals surface area contributed by atoms with Gasteiger partial charge in [0.1, 0.15) is 6.04 Å². The minimum atomic E-state index is -4.84. The first-order valence-corrected chi connectivity index (χ1v) is 8.73. The summed E-state index contributed by atoms with van der Waals surface area (Å²) >= 11 is 0. The molecule has 2 aliphatic heterocycles. The van der Waals surface area contributed by atoms with E-state index < -0.39 is 28.5 Å². The highest BCUT2D eigenvalue weighted by Gasteiger charge is 2.51. The second-order valence-corrected chi connectivity index (χ2v) is 6.64. The molecule has 25 heavy (non-hydrogen) atoms. The maximum Gasteiger partial charge on any atom is 0.418 e. The van der Waals surface area contributed by atoms with E-state index in [1.54, 1.807) is 30.6 Å². The summed E-state index contributed by atoms with van der Waals surface area (Å²) in [6.07, 6.45) is 3.27. The molecule has 1 saturated heterocycles. The number of pyridine rings is 1. The van der Waals surface area contributed by atoms with E-state index in [2.05, 4.69) is 14.4 Å². The summed E-state index contributed by atoms with van der Waals surface area (Å²) in [4.78, 5) is 18.0. The monoisotopic (exact) mass is 366 g/mol. The molecule has 0 unspecified atom stereocenters. The zero-order valence-electron chi connectivity index (χ0n) is 12.8. The highest BCUT2D eigenvalue weighted by atomic mass is 32.3. The van der Waals surface area contributed by atoms with E-state index in [4.69, 9.17) is 10.3 Å². The summed E-state index contributed by atoms with van der Waals surface area (Å²) in [6, 6.07) is 3.37. The third kappa shape index (κ3) is 2.55. The van der Waals surface area contributed by atoms with Crippen LogP contribution in [0.3, 0.4) is 0 Å². The van der Waals surface area contributed by atoms with Crippen LogP contribution in [0.4, 0.5) is 4.79 Å². The first-order valence-electron chi connectivity index (χ1n) is 7.37. The molecular formula is C13H14N6O5S. The molecule has 0 aliphatic carbocycles. The summed E-state index contributed by atoms with van der Waals surface area (Å²) in [6.45, 7) is 0.279. The number of rotatable bonds is 4. The highest BCUT2D eigenvalue weighted by molar-refractivity contribution is 7.80. The van der Waals surface area contributed by atoms with Crippen molar-refractivity contribution in [2.24, 2.45) is 5.73 Å². The van der Waals surface area contributed by atoms with Gasteiger partial charge in [-0.2, -0.15) is 18.6 Å². The predicted octanol–water partition coefficient (Wildman–Crippen LogP) is -0.206. The molecular weight excluding hydrogens is 352 g/mol. The van der Waals surface area contributed by atoms with Crippen molar-refractivity contribution in [1.82, 2.24) is 24.7 Å². The average Bonchev–Trinajstić information content (AvgIpc) is 3.12. The Morgan fingerprint density at radius 3 is 2.84 bits per heavy atom. The van der Waals surface area contributed by atoms with Gasteiger partial charge >= 0.3 is 16.4 Å². The van der Waals surface area contributed by atoms with Gasteiger partial charge in [0.05, 0.1) is 18.3 Å². The Morgan fingerprint density at radius 1 is 1.40 bits per heavy atom. The van der Waals surface area contributed by atoms with Gasteiger partial charge in [-0.25, -0.2) is 14.5 Å². The topological polar surface area (TPSA) is 144 Å². The molecule has 1 fully saturated rings. The fraction of sp³-hybridized carbons (Fsp3) is 0.308. The van der Waals surface area contributed by atoms with Gasteiger partial charge < -0.3 is 10.6 Å². The van der Waals surface area contributed by atoms with Gasteiger partial charge in [0.25, 0.3) is 0 Å². The molecule has 11 nitrogen and oxygen atoms in total. The van der Waals surface area contributed by atoms with Crippen LogP contribution in [0.2, 0.25) is 0 Å². The Morgan fingerprint density at radius 2 is 2.20 bits per heavy atom. The molecule has 0 saturated carbocycles. The van der Waals surface area contributed by atoms with Crippen molar-refractivity contribution in [1.29, 1.82) is 0 Å². The van der Waals surface area contributed by atoms with E-state index in [-0.39, 0.29) is 13.1 Å². The number of nitrogens with zero attached hydrogens (tertiary/aromatic N) is 5. The fourth-order valence-corrected chi connectivity index (χ4v) is 3.55. The number of carbonyl (C=O) groups is 1. The van der Waals surface area contributed by atoms with Gasteiger partial charge in [0, 0.05) is 24.5 Å². The lowest BCUT2D eigenvalue weighted by molar-refractivity contribution is -0.0317. The predicted molar refractivity (Wildman–Crippen MR) is 82.5 cm³/mol. The number of aromatic nitrogens is 3. The number of carbonyl (C=O) groups excluding carboxylic acids is 1. The van der Waals surface area contributed by atoms with Crippen molar-refractivity contribution < 1.29 is 22.0 Å². The second-order valence-electron chi connectivity index (χ2n) is 5.63. The lowest BCUT2D eigenvalue weighted by Crippen LogP contribution is -2.38. The van der Waals surface area contributed by atoms with Crippen molar-refractivity contribution in [2.75, 3.05) is 13.1 Å². The quantitative estimate of drug-likeness (QED) is 0.708. The van der Waals surface area contributed by atoms with Crippen LogP contribution in [0.1, 0.15) is 23.3 Å². The van der Waals surface area contributed by atoms with Crippen LogP contribution in [-0.4, -0.2) is 56.8 Å². The maximum absolute atomic E-state index is 12.4. The number of hydrogen-bond acceptors (Lipinski definition) is 7. The minimum absolute atomic E-state index is 0.102. The van der Waals surface area contributed by atoms with Crippen molar-refractivity contribution in [2.45, 2.75) is 12.1 Å². The van der Waals surface area contributed by atoms with Crippen LogP contribution in [0, 0.1) is 0 Å². The van der Waals surface area contributed by atoms with E-state index in [9.17, 15) is 13.2 Å². The van der Waals surface area contributed by atoms with E-state index in [1.807, 2.05) is 0 Å². The molecule has 2 aliphatic rings. The Kier molecular flexibility index (Phi) is 3.50. The molecule has 0 spiro atoms. The van der Waals surface area contributed by atoms with E-state index in [0.29, 0.717) is 22.1 Å². The van der Waals surface area contributed by atoms with Gasteiger partial charge in [0.15, 0.2) is 5.82 Å². The summed E-state index contributed by atoms with van der Waals surface area (Å²) in [5, 5.41) is 5.10. The van der Waals surface area contributed by atoms with Gasteiger partial charge in [-0.15, -0.1) is 4.28 Å². The smallest absolute Gasteiger partial charge is 0.328 e. The third-order valence-electron chi connectivity index (χ3n) is 4.19. The average molecular weight is 366 g/mol. The Bertz CT molecular complexity index is 930. The zero-order chi connectivity index (χ0) is 17.8. The standard InChI is InChI=1S/C13H14N6O5S/c14-5-9-12-8(6-18(16-12)11-3-1-2-4-15-11)10-7-17(9)13(20)19(10)24-25(21,22)23/h1-4,6,9-10H,5,7,14H2,(H,21,22,23)/t9-,10-/m1/s1. The number of hydrogen-bond donors (Lipinski definition) is 2. The third-order valence-corrected chi connectivity index (χ3v) is 4.54. The van der Waals surface area contributed by atoms with Crippen LogP contribution >= 0.6 is 0 Å². The van der Waals surface area contributed by atoms with Gasteiger partial charge in [-0.3, -0.25) is 4.55 Å².